The number of methoxy groups -OCH3 is 2. The molecule has 1 aliphatic heterocycles. The lowest BCUT2D eigenvalue weighted by Crippen LogP contribution is -2.45. The third-order valence-corrected chi connectivity index (χ3v) is 5.18. The highest BCUT2D eigenvalue weighted by atomic mass is 32.2. The molecule has 1 aromatic carbocycles. The van der Waals surface area contributed by atoms with Gasteiger partial charge in [0, 0.05) is 14.2 Å². The molecule has 0 saturated heterocycles. The average Bonchev–Trinajstić information content (AvgIpc) is 3.05. The van der Waals surface area contributed by atoms with E-state index >= 15 is 0 Å². The van der Waals surface area contributed by atoms with E-state index in [0.29, 0.717) is 5.75 Å². The maximum atomic E-state index is 12.1. The first-order valence-corrected chi connectivity index (χ1v) is 9.71. The molecule has 0 fully saturated rings. The molecular weight excluding hydrogens is 346 g/mol. The topological polar surface area (TPSA) is 83.1 Å². The molecule has 2 unspecified atom stereocenters. The zero-order valence-corrected chi connectivity index (χ0v) is 15.5. The van der Waals surface area contributed by atoms with Gasteiger partial charge < -0.3 is 18.9 Å². The Morgan fingerprint density at radius 1 is 1.24 bits per heavy atom. The van der Waals surface area contributed by atoms with Crippen molar-refractivity contribution in [3.8, 4) is 5.75 Å². The Morgan fingerprint density at radius 2 is 1.96 bits per heavy atom. The number of rotatable bonds is 10. The summed E-state index contributed by atoms with van der Waals surface area (Å²) < 4.78 is 48.1. The molecule has 0 bridgehead atoms. The van der Waals surface area contributed by atoms with Crippen LogP contribution in [0.25, 0.3) is 0 Å². The lowest BCUT2D eigenvalue weighted by atomic mass is 10.2. The molecule has 2 atom stereocenters. The number of hydrogen-bond acceptors (Lipinski definition) is 6. The van der Waals surface area contributed by atoms with Crippen LogP contribution in [-0.2, 0) is 30.7 Å². The third-order valence-electron chi connectivity index (χ3n) is 3.89. The number of benzene rings is 1. The van der Waals surface area contributed by atoms with E-state index in [2.05, 4.69) is 11.6 Å². The fraction of sp³-hybridized carbons (Fsp3) is 0.529. The van der Waals surface area contributed by atoms with Crippen LogP contribution < -0.4 is 9.46 Å². The van der Waals surface area contributed by atoms with Crippen LogP contribution in [0.4, 0.5) is 0 Å². The van der Waals surface area contributed by atoms with E-state index in [1.165, 1.54) is 19.8 Å². The molecule has 0 saturated carbocycles. The van der Waals surface area contributed by atoms with E-state index in [4.69, 9.17) is 18.9 Å². The predicted molar refractivity (Wildman–Crippen MR) is 93.9 cm³/mol. The van der Waals surface area contributed by atoms with Crippen LogP contribution >= 0.6 is 0 Å². The van der Waals surface area contributed by atoms with Gasteiger partial charge in [-0.2, -0.15) is 0 Å². The highest BCUT2D eigenvalue weighted by Crippen LogP contribution is 2.24. The minimum atomic E-state index is -3.53. The number of ether oxygens (including phenoxy) is 4. The molecule has 1 aliphatic rings. The van der Waals surface area contributed by atoms with E-state index in [-0.39, 0.29) is 18.9 Å². The second-order valence-electron chi connectivity index (χ2n) is 5.58. The highest BCUT2D eigenvalue weighted by molar-refractivity contribution is 7.89. The van der Waals surface area contributed by atoms with Crippen LogP contribution in [0.2, 0.25) is 0 Å². The highest BCUT2D eigenvalue weighted by Gasteiger charge is 2.36. The smallest absolute Gasteiger partial charge is 0.215 e. The first kappa shape index (κ1) is 19.9. The van der Waals surface area contributed by atoms with E-state index in [1.54, 1.807) is 12.2 Å². The second kappa shape index (κ2) is 8.77. The standard InChI is InChI=1S/C17H25NO6S/c1-4-14-5-7-15(8-6-14)23-11-12-25(19,20)18-13-17(22-3)10-9-16(21-2)24-17/h5-10,16,18H,4,11-13H2,1-3H3. The fourth-order valence-electron chi connectivity index (χ4n) is 2.29. The van der Waals surface area contributed by atoms with Crippen LogP contribution in [0.5, 0.6) is 5.75 Å². The summed E-state index contributed by atoms with van der Waals surface area (Å²) in [4.78, 5) is 0. The van der Waals surface area contributed by atoms with Crippen LogP contribution in [0.1, 0.15) is 12.5 Å². The molecule has 1 N–H and O–H groups in total. The van der Waals surface area contributed by atoms with Gasteiger partial charge >= 0.3 is 0 Å². The number of sulfonamides is 1. The molecule has 25 heavy (non-hydrogen) atoms. The Bertz CT molecular complexity index is 673. The van der Waals surface area contributed by atoms with Gasteiger partial charge in [0.25, 0.3) is 0 Å². The second-order valence-corrected chi connectivity index (χ2v) is 7.51. The molecule has 2 rings (SSSR count). The van der Waals surface area contributed by atoms with Gasteiger partial charge in [-0.3, -0.25) is 0 Å². The summed E-state index contributed by atoms with van der Waals surface area (Å²) in [7, 11) is -0.595. The Hall–Kier alpha value is -1.45. The SMILES string of the molecule is CCc1ccc(OCCS(=O)(=O)NCC2(OC)C=CC(OC)O2)cc1. The summed E-state index contributed by atoms with van der Waals surface area (Å²) in [5.41, 5.74) is 1.20. The molecule has 0 aliphatic carbocycles. The minimum absolute atomic E-state index is 0.0482. The van der Waals surface area contributed by atoms with Crippen molar-refractivity contribution in [3.63, 3.8) is 0 Å². The van der Waals surface area contributed by atoms with Gasteiger partial charge in [-0.15, -0.1) is 0 Å². The molecule has 7 nitrogen and oxygen atoms in total. The van der Waals surface area contributed by atoms with E-state index in [9.17, 15) is 8.42 Å². The summed E-state index contributed by atoms with van der Waals surface area (Å²) in [6.07, 6.45) is 3.69. The van der Waals surface area contributed by atoms with Crippen molar-refractivity contribution in [2.75, 3.05) is 33.1 Å². The van der Waals surface area contributed by atoms with E-state index < -0.39 is 22.1 Å². The van der Waals surface area contributed by atoms with Crippen LogP contribution in [0.3, 0.4) is 0 Å². The fourth-order valence-corrected chi connectivity index (χ4v) is 3.16. The normalized spacial score (nSPS) is 23.1. The van der Waals surface area contributed by atoms with Crippen molar-refractivity contribution in [1.29, 1.82) is 0 Å². The zero-order chi connectivity index (χ0) is 18.3. The molecule has 0 radical (unpaired) electrons. The van der Waals surface area contributed by atoms with Gasteiger partial charge in [0.1, 0.15) is 12.4 Å². The van der Waals surface area contributed by atoms with Crippen molar-refractivity contribution in [2.24, 2.45) is 0 Å². The third kappa shape index (κ3) is 5.79. The first-order chi connectivity index (χ1) is 11.9. The summed E-state index contributed by atoms with van der Waals surface area (Å²) in [5.74, 6) is -0.685. The van der Waals surface area contributed by atoms with E-state index in [0.717, 1.165) is 6.42 Å². The lowest BCUT2D eigenvalue weighted by Gasteiger charge is -2.27. The average molecular weight is 371 g/mol. The largest absolute Gasteiger partial charge is 0.492 e. The van der Waals surface area contributed by atoms with Crippen LogP contribution in [0, 0.1) is 0 Å². The predicted octanol–water partition coefficient (Wildman–Crippen LogP) is 1.45. The van der Waals surface area contributed by atoms with Gasteiger partial charge in [-0.25, -0.2) is 13.1 Å². The number of nitrogens with one attached hydrogen (secondary N) is 1. The van der Waals surface area contributed by atoms with Crippen LogP contribution in [0.15, 0.2) is 36.4 Å². The van der Waals surface area contributed by atoms with Crippen molar-refractivity contribution < 1.29 is 27.4 Å². The molecule has 1 heterocycles. The maximum Gasteiger partial charge on any atom is 0.215 e. The molecule has 0 aromatic heterocycles. The van der Waals surface area contributed by atoms with Crippen molar-refractivity contribution in [3.05, 3.63) is 42.0 Å². The summed E-state index contributed by atoms with van der Waals surface area (Å²) in [6, 6.07) is 7.59. The Kier molecular flexibility index (Phi) is 6.97. The molecule has 0 spiro atoms. The maximum absolute atomic E-state index is 12.1. The minimum Gasteiger partial charge on any atom is -0.492 e. The van der Waals surface area contributed by atoms with Crippen molar-refractivity contribution >= 4 is 10.0 Å². The van der Waals surface area contributed by atoms with E-state index in [1.807, 2.05) is 24.3 Å². The van der Waals surface area contributed by atoms with Gasteiger partial charge in [0.05, 0.1) is 12.3 Å². The quantitative estimate of drug-likeness (QED) is 0.627. The summed E-state index contributed by atoms with van der Waals surface area (Å²) in [6.45, 7) is 2.07. The van der Waals surface area contributed by atoms with Gasteiger partial charge in [0.15, 0.2) is 6.29 Å². The zero-order valence-electron chi connectivity index (χ0n) is 14.7. The van der Waals surface area contributed by atoms with Crippen molar-refractivity contribution in [1.82, 2.24) is 4.72 Å². The van der Waals surface area contributed by atoms with Crippen molar-refractivity contribution in [2.45, 2.75) is 25.4 Å². The molecule has 8 heteroatoms. The first-order valence-electron chi connectivity index (χ1n) is 8.06. The Morgan fingerprint density at radius 3 is 2.52 bits per heavy atom. The number of aryl methyl sites for hydroxylation is 1. The van der Waals surface area contributed by atoms with Crippen LogP contribution in [-0.4, -0.2) is 53.6 Å². The summed E-state index contributed by atoms with van der Waals surface area (Å²) in [5, 5.41) is 0. The molecule has 0 amide bonds. The van der Waals surface area contributed by atoms with Gasteiger partial charge in [0.2, 0.25) is 15.8 Å². The summed E-state index contributed by atoms with van der Waals surface area (Å²) >= 11 is 0. The molecule has 140 valence electrons. The van der Waals surface area contributed by atoms with Gasteiger partial charge in [-0.05, 0) is 36.3 Å². The molecular formula is C17H25NO6S. The Balaban J connectivity index is 1.80. The Labute approximate surface area is 149 Å². The lowest BCUT2D eigenvalue weighted by molar-refractivity contribution is -0.237. The number of hydrogen-bond donors (Lipinski definition) is 1. The van der Waals surface area contributed by atoms with Gasteiger partial charge in [-0.1, -0.05) is 19.1 Å². The molecule has 1 aromatic rings. The monoisotopic (exact) mass is 371 g/mol.